The van der Waals surface area contributed by atoms with E-state index in [9.17, 15) is 13.0 Å². The van der Waals surface area contributed by atoms with E-state index in [-0.39, 0.29) is 18.1 Å². The summed E-state index contributed by atoms with van der Waals surface area (Å²) in [6.45, 7) is 5.45. The molecule has 0 radical (unpaired) electrons. The number of aryl methyl sites for hydroxylation is 1. The van der Waals surface area contributed by atoms with Crippen LogP contribution in [0.2, 0.25) is 0 Å². The molecule has 0 N–H and O–H groups in total. The molecule has 0 heterocycles. The first-order valence-corrected chi connectivity index (χ1v) is 11.6. The summed E-state index contributed by atoms with van der Waals surface area (Å²) in [6, 6.07) is 5.25. The quantitative estimate of drug-likeness (QED) is 0.345. The van der Waals surface area contributed by atoms with Crippen LogP contribution in [0.1, 0.15) is 26.3 Å². The molecule has 0 unspecified atom stereocenters. The van der Waals surface area contributed by atoms with Gasteiger partial charge in [0.05, 0.1) is 13.2 Å². The molecular weight excluding hydrogens is 359 g/mol. The molecule has 0 spiro atoms. The fourth-order valence-electron chi connectivity index (χ4n) is 1.98. The summed E-state index contributed by atoms with van der Waals surface area (Å²) >= 11 is 1.31. The van der Waals surface area contributed by atoms with E-state index in [4.69, 9.17) is 13.2 Å². The minimum atomic E-state index is -4.07. The number of thioether (sulfide) groups is 1. The van der Waals surface area contributed by atoms with Crippen LogP contribution in [0.25, 0.3) is 0 Å². The summed E-state index contributed by atoms with van der Waals surface area (Å²) in [5.41, 5.74) is 0.652. The lowest BCUT2D eigenvalue weighted by Crippen LogP contribution is -2.13. The molecule has 0 aliphatic heterocycles. The average molecular weight is 382 g/mol. The first kappa shape index (κ1) is 20.7. The standard InChI is InChI=1S/C14H23O6PS2/c1-5-12-9-8-10-13(22-4)14(12)23(16,17)20-11-21(15,18-6-2)19-7-3/h8-10H,5-7,11H2,1-4H3. The van der Waals surface area contributed by atoms with Crippen LogP contribution < -0.4 is 0 Å². The van der Waals surface area contributed by atoms with E-state index < -0.39 is 24.1 Å². The Labute approximate surface area is 142 Å². The lowest BCUT2D eigenvalue weighted by molar-refractivity contribution is 0.197. The van der Waals surface area contributed by atoms with E-state index in [1.54, 1.807) is 38.3 Å². The molecule has 0 aromatic heterocycles. The molecule has 1 aromatic carbocycles. The summed E-state index contributed by atoms with van der Waals surface area (Å²) in [4.78, 5) is 0.710. The van der Waals surface area contributed by atoms with Crippen LogP contribution in [0.3, 0.4) is 0 Å². The molecule has 0 saturated heterocycles. The zero-order chi connectivity index (χ0) is 17.5. The molecule has 1 rings (SSSR count). The Bertz CT molecular complexity index is 627. The van der Waals surface area contributed by atoms with Gasteiger partial charge in [-0.1, -0.05) is 19.1 Å². The van der Waals surface area contributed by atoms with E-state index in [1.165, 1.54) is 11.8 Å². The van der Waals surface area contributed by atoms with E-state index in [0.29, 0.717) is 16.9 Å². The third-order valence-corrected chi connectivity index (χ3v) is 7.17. The molecule has 0 fully saturated rings. The Hall–Kier alpha value is -0.370. The van der Waals surface area contributed by atoms with Gasteiger partial charge in [-0.15, -0.1) is 11.8 Å². The van der Waals surface area contributed by atoms with Gasteiger partial charge in [-0.2, -0.15) is 8.42 Å². The molecule has 0 aliphatic carbocycles. The number of benzene rings is 1. The van der Waals surface area contributed by atoms with Crippen molar-refractivity contribution in [2.24, 2.45) is 0 Å². The van der Waals surface area contributed by atoms with Gasteiger partial charge in [-0.3, -0.25) is 8.75 Å². The van der Waals surface area contributed by atoms with Crippen molar-refractivity contribution in [3.8, 4) is 0 Å². The summed E-state index contributed by atoms with van der Waals surface area (Å²) in [7, 11) is -7.66. The van der Waals surface area contributed by atoms with Crippen molar-refractivity contribution >= 4 is 29.5 Å². The SMILES string of the molecule is CCOP(=O)(COS(=O)(=O)c1c(CC)cccc1SC)OCC. The van der Waals surface area contributed by atoms with Gasteiger partial charge >= 0.3 is 7.60 Å². The predicted octanol–water partition coefficient (Wildman–Crippen LogP) is 3.90. The molecule has 132 valence electrons. The maximum absolute atomic E-state index is 12.6. The minimum Gasteiger partial charge on any atom is -0.307 e. The topological polar surface area (TPSA) is 78.9 Å². The van der Waals surface area contributed by atoms with Crippen LogP contribution in [-0.2, 0) is 34.3 Å². The van der Waals surface area contributed by atoms with Gasteiger partial charge in [0.25, 0.3) is 10.1 Å². The lowest BCUT2D eigenvalue weighted by atomic mass is 10.2. The maximum Gasteiger partial charge on any atom is 0.357 e. The number of hydrogen-bond donors (Lipinski definition) is 0. The Kier molecular flexibility index (Phi) is 8.27. The third-order valence-electron chi connectivity index (χ3n) is 2.93. The predicted molar refractivity (Wildman–Crippen MR) is 91.6 cm³/mol. The van der Waals surface area contributed by atoms with Crippen molar-refractivity contribution in [1.29, 1.82) is 0 Å². The van der Waals surface area contributed by atoms with Crippen LogP contribution >= 0.6 is 19.4 Å². The second-order valence-electron chi connectivity index (χ2n) is 4.45. The molecule has 6 nitrogen and oxygen atoms in total. The van der Waals surface area contributed by atoms with Crippen molar-refractivity contribution in [1.82, 2.24) is 0 Å². The second-order valence-corrected chi connectivity index (χ2v) is 8.85. The second kappa shape index (κ2) is 9.20. The fourth-order valence-corrected chi connectivity index (χ4v) is 6.12. The van der Waals surface area contributed by atoms with Crippen molar-refractivity contribution in [2.75, 3.05) is 25.8 Å². The van der Waals surface area contributed by atoms with Crippen molar-refractivity contribution in [2.45, 2.75) is 37.0 Å². The summed E-state index contributed by atoms with van der Waals surface area (Å²) in [6.07, 6.45) is 1.70. The monoisotopic (exact) mass is 382 g/mol. The van der Waals surface area contributed by atoms with Crippen molar-refractivity contribution in [3.05, 3.63) is 23.8 Å². The van der Waals surface area contributed by atoms with Crippen LogP contribution in [0.4, 0.5) is 0 Å². The highest BCUT2D eigenvalue weighted by molar-refractivity contribution is 7.99. The molecule has 0 atom stereocenters. The van der Waals surface area contributed by atoms with E-state index >= 15 is 0 Å². The fraction of sp³-hybridized carbons (Fsp3) is 0.571. The Morgan fingerprint density at radius 2 is 1.74 bits per heavy atom. The first-order valence-electron chi connectivity index (χ1n) is 7.27. The van der Waals surface area contributed by atoms with Crippen molar-refractivity contribution < 1.29 is 26.2 Å². The molecule has 0 amide bonds. The molecule has 1 aromatic rings. The van der Waals surface area contributed by atoms with Gasteiger partial charge in [-0.25, -0.2) is 0 Å². The highest BCUT2D eigenvalue weighted by Crippen LogP contribution is 2.48. The zero-order valence-corrected chi connectivity index (χ0v) is 16.3. The Morgan fingerprint density at radius 3 is 2.22 bits per heavy atom. The van der Waals surface area contributed by atoms with Crippen LogP contribution in [-0.4, -0.2) is 34.2 Å². The Balaban J connectivity index is 3.11. The lowest BCUT2D eigenvalue weighted by Gasteiger charge is -2.18. The van der Waals surface area contributed by atoms with Gasteiger partial charge in [0, 0.05) is 4.90 Å². The highest BCUT2D eigenvalue weighted by atomic mass is 32.2. The molecule has 23 heavy (non-hydrogen) atoms. The van der Waals surface area contributed by atoms with Gasteiger partial charge < -0.3 is 9.05 Å². The van der Waals surface area contributed by atoms with Crippen LogP contribution in [0, 0.1) is 0 Å². The van der Waals surface area contributed by atoms with Gasteiger partial charge in [0.1, 0.15) is 4.90 Å². The largest absolute Gasteiger partial charge is 0.357 e. The van der Waals surface area contributed by atoms with Crippen LogP contribution in [0.15, 0.2) is 28.0 Å². The number of hydrogen-bond acceptors (Lipinski definition) is 7. The van der Waals surface area contributed by atoms with Gasteiger partial charge in [0.15, 0.2) is 6.35 Å². The normalized spacial score (nSPS) is 12.5. The molecule has 0 aliphatic rings. The van der Waals surface area contributed by atoms with E-state index in [2.05, 4.69) is 0 Å². The summed E-state index contributed by atoms with van der Waals surface area (Å²) < 4.78 is 52.6. The summed E-state index contributed by atoms with van der Waals surface area (Å²) in [5.74, 6) is 0. The molecule has 9 heteroatoms. The van der Waals surface area contributed by atoms with E-state index in [1.807, 2.05) is 6.92 Å². The average Bonchev–Trinajstić information content (AvgIpc) is 2.53. The first-order chi connectivity index (χ1) is 10.8. The smallest absolute Gasteiger partial charge is 0.307 e. The minimum absolute atomic E-state index is 0.120. The van der Waals surface area contributed by atoms with Gasteiger partial charge in [-0.05, 0) is 38.2 Å². The van der Waals surface area contributed by atoms with Crippen molar-refractivity contribution in [3.63, 3.8) is 0 Å². The zero-order valence-electron chi connectivity index (χ0n) is 13.8. The summed E-state index contributed by atoms with van der Waals surface area (Å²) in [5, 5.41) is 0. The van der Waals surface area contributed by atoms with Crippen LogP contribution in [0.5, 0.6) is 0 Å². The highest BCUT2D eigenvalue weighted by Gasteiger charge is 2.30. The molecular formula is C14H23O6PS2. The van der Waals surface area contributed by atoms with E-state index in [0.717, 1.165) is 0 Å². The maximum atomic E-state index is 12.6. The number of rotatable bonds is 10. The molecule has 0 saturated carbocycles. The molecule has 0 bridgehead atoms. The third kappa shape index (κ3) is 5.59. The van der Waals surface area contributed by atoms with Gasteiger partial charge in [0.2, 0.25) is 0 Å². The Morgan fingerprint density at radius 1 is 1.13 bits per heavy atom.